The fourth-order valence-electron chi connectivity index (χ4n) is 2.23. The Kier molecular flexibility index (Phi) is 12.1. The summed E-state index contributed by atoms with van der Waals surface area (Å²) in [6.07, 6.45) is -2.96. The first-order chi connectivity index (χ1) is 14.3. The highest BCUT2D eigenvalue weighted by Gasteiger charge is 2.32. The molecule has 0 saturated heterocycles. The van der Waals surface area contributed by atoms with Crippen molar-refractivity contribution in [2.24, 2.45) is 11.5 Å². The van der Waals surface area contributed by atoms with Crippen LogP contribution in [0.15, 0.2) is 0 Å². The number of carbonyl (C=O) groups is 6. The Bertz CT molecular complexity index is 703. The van der Waals surface area contributed by atoms with Crippen LogP contribution in [-0.2, 0) is 28.8 Å². The van der Waals surface area contributed by atoms with Crippen LogP contribution in [0.25, 0.3) is 0 Å². The van der Waals surface area contributed by atoms with Crippen LogP contribution in [0.1, 0.15) is 26.2 Å². The van der Waals surface area contributed by atoms with E-state index < -0.39 is 85.1 Å². The summed E-state index contributed by atoms with van der Waals surface area (Å²) in [5.74, 6) is -6.87. The molecule has 4 amide bonds. The standard InChI is InChI=1S/C16H27N5O9S/c1-6(22)12(15(28)20-9(5-31)16(29)30)21-14(27)8(2-3-11(24)25)19-13(26)7(17)4-10(18)23/h6-9,12,22,31H,2-5,17H2,1H3,(H2,18,23)(H,19,26)(H,20,28)(H,21,27)(H,24,25)(H,29,30). The summed E-state index contributed by atoms with van der Waals surface area (Å²) >= 11 is 3.79. The third-order valence-corrected chi connectivity index (χ3v) is 4.26. The lowest BCUT2D eigenvalue weighted by atomic mass is 10.1. The molecule has 0 spiro atoms. The number of rotatable bonds is 14. The van der Waals surface area contributed by atoms with Gasteiger partial charge in [0.25, 0.3) is 0 Å². The molecule has 0 aromatic heterocycles. The van der Waals surface area contributed by atoms with E-state index in [-0.39, 0.29) is 5.75 Å². The molecule has 0 saturated carbocycles. The molecule has 0 aliphatic heterocycles. The number of amides is 4. The average molecular weight is 465 g/mol. The van der Waals surface area contributed by atoms with Crippen molar-refractivity contribution in [2.75, 3.05) is 5.75 Å². The van der Waals surface area contributed by atoms with Gasteiger partial charge in [-0.25, -0.2) is 4.79 Å². The molecule has 0 aromatic rings. The van der Waals surface area contributed by atoms with Crippen molar-refractivity contribution in [1.82, 2.24) is 16.0 Å². The number of carboxylic acid groups (broad SMARTS) is 2. The number of aliphatic hydroxyl groups is 1. The molecule has 176 valence electrons. The number of primary amides is 1. The van der Waals surface area contributed by atoms with Gasteiger partial charge in [-0.2, -0.15) is 12.6 Å². The van der Waals surface area contributed by atoms with E-state index in [4.69, 9.17) is 21.7 Å². The minimum absolute atomic E-state index is 0.267. The Balaban J connectivity index is 5.42. The highest BCUT2D eigenvalue weighted by atomic mass is 32.1. The van der Waals surface area contributed by atoms with Gasteiger partial charge < -0.3 is 42.7 Å². The van der Waals surface area contributed by atoms with Crippen molar-refractivity contribution in [3.05, 3.63) is 0 Å². The number of hydrogen-bond donors (Lipinski definition) is 9. The van der Waals surface area contributed by atoms with E-state index in [1.807, 2.05) is 0 Å². The Morgan fingerprint density at radius 2 is 1.48 bits per heavy atom. The summed E-state index contributed by atoms with van der Waals surface area (Å²) in [7, 11) is 0. The van der Waals surface area contributed by atoms with Gasteiger partial charge in [-0.05, 0) is 13.3 Å². The first-order valence-electron chi connectivity index (χ1n) is 8.98. The average Bonchev–Trinajstić information content (AvgIpc) is 2.65. The van der Waals surface area contributed by atoms with E-state index >= 15 is 0 Å². The molecule has 0 aromatic carbocycles. The van der Waals surface area contributed by atoms with E-state index in [9.17, 15) is 33.9 Å². The molecule has 0 aliphatic rings. The minimum Gasteiger partial charge on any atom is -0.481 e. The largest absolute Gasteiger partial charge is 0.481 e. The fourth-order valence-corrected chi connectivity index (χ4v) is 2.48. The molecule has 5 unspecified atom stereocenters. The predicted molar refractivity (Wildman–Crippen MR) is 108 cm³/mol. The van der Waals surface area contributed by atoms with Gasteiger partial charge in [0.15, 0.2) is 0 Å². The molecule has 14 nitrogen and oxygen atoms in total. The zero-order valence-corrected chi connectivity index (χ0v) is 17.5. The number of carboxylic acids is 2. The molecule has 0 fully saturated rings. The van der Waals surface area contributed by atoms with Crippen LogP contribution in [-0.4, -0.2) is 86.9 Å². The highest BCUT2D eigenvalue weighted by molar-refractivity contribution is 7.80. The molecular weight excluding hydrogens is 438 g/mol. The summed E-state index contributed by atoms with van der Waals surface area (Å²) in [6.45, 7) is 1.15. The van der Waals surface area contributed by atoms with E-state index in [2.05, 4.69) is 28.6 Å². The predicted octanol–water partition coefficient (Wildman–Crippen LogP) is -4.10. The SMILES string of the molecule is CC(O)C(NC(=O)C(CCC(=O)O)NC(=O)C(N)CC(N)=O)C(=O)NC(CS)C(=O)O. The first-order valence-corrected chi connectivity index (χ1v) is 9.61. The van der Waals surface area contributed by atoms with Gasteiger partial charge in [-0.1, -0.05) is 0 Å². The van der Waals surface area contributed by atoms with Crippen molar-refractivity contribution in [3.63, 3.8) is 0 Å². The summed E-state index contributed by atoms with van der Waals surface area (Å²) in [6, 6.07) is -5.92. The Morgan fingerprint density at radius 3 is 1.90 bits per heavy atom. The van der Waals surface area contributed by atoms with Gasteiger partial charge in [-0.15, -0.1) is 0 Å². The third-order valence-electron chi connectivity index (χ3n) is 3.90. The second-order valence-corrected chi connectivity index (χ2v) is 6.94. The van der Waals surface area contributed by atoms with Gasteiger partial charge in [-0.3, -0.25) is 24.0 Å². The van der Waals surface area contributed by atoms with Gasteiger partial charge in [0.1, 0.15) is 18.1 Å². The van der Waals surface area contributed by atoms with Gasteiger partial charge in [0.2, 0.25) is 23.6 Å². The maximum atomic E-state index is 12.6. The van der Waals surface area contributed by atoms with Crippen LogP contribution >= 0.6 is 12.6 Å². The molecule has 10 N–H and O–H groups in total. The summed E-state index contributed by atoms with van der Waals surface area (Å²) < 4.78 is 0. The normalized spacial score (nSPS) is 15.5. The van der Waals surface area contributed by atoms with Crippen molar-refractivity contribution in [1.29, 1.82) is 0 Å². The summed E-state index contributed by atoms with van der Waals surface area (Å²) in [5.41, 5.74) is 10.4. The van der Waals surface area contributed by atoms with Crippen LogP contribution in [0.5, 0.6) is 0 Å². The smallest absolute Gasteiger partial charge is 0.327 e. The number of aliphatic hydroxyl groups excluding tert-OH is 1. The first kappa shape index (κ1) is 28.1. The van der Waals surface area contributed by atoms with Gasteiger partial charge in [0, 0.05) is 12.2 Å². The van der Waals surface area contributed by atoms with E-state index in [0.29, 0.717) is 0 Å². The number of aliphatic carboxylic acids is 2. The second-order valence-electron chi connectivity index (χ2n) is 6.58. The van der Waals surface area contributed by atoms with Crippen LogP contribution < -0.4 is 27.4 Å². The van der Waals surface area contributed by atoms with Gasteiger partial charge >= 0.3 is 11.9 Å². The Hall–Kier alpha value is -2.91. The molecule has 5 atom stereocenters. The topological polar surface area (TPSA) is 251 Å². The Morgan fingerprint density at radius 1 is 0.935 bits per heavy atom. The maximum absolute atomic E-state index is 12.6. The fraction of sp³-hybridized carbons (Fsp3) is 0.625. The van der Waals surface area contributed by atoms with Crippen molar-refractivity contribution >= 4 is 48.2 Å². The lowest BCUT2D eigenvalue weighted by Gasteiger charge is -2.26. The molecular formula is C16H27N5O9S. The van der Waals surface area contributed by atoms with Crippen LogP contribution in [0, 0.1) is 0 Å². The maximum Gasteiger partial charge on any atom is 0.327 e. The van der Waals surface area contributed by atoms with Crippen LogP contribution in [0.4, 0.5) is 0 Å². The van der Waals surface area contributed by atoms with Crippen LogP contribution in [0.3, 0.4) is 0 Å². The zero-order chi connectivity index (χ0) is 24.3. The molecule has 31 heavy (non-hydrogen) atoms. The molecule has 0 bridgehead atoms. The Labute approximate surface area is 182 Å². The molecule has 15 heteroatoms. The minimum atomic E-state index is -1.63. The van der Waals surface area contributed by atoms with Crippen LogP contribution in [0.2, 0.25) is 0 Å². The molecule has 0 heterocycles. The number of carbonyl (C=O) groups excluding carboxylic acids is 4. The third kappa shape index (κ3) is 10.6. The quantitative estimate of drug-likeness (QED) is 0.112. The number of thiol groups is 1. The zero-order valence-electron chi connectivity index (χ0n) is 16.6. The van der Waals surface area contributed by atoms with E-state index in [1.54, 1.807) is 0 Å². The summed E-state index contributed by atoms with van der Waals surface area (Å²) in [5, 5.41) is 34.0. The van der Waals surface area contributed by atoms with E-state index in [0.717, 1.165) is 6.92 Å². The van der Waals surface area contributed by atoms with Crippen molar-refractivity contribution in [3.8, 4) is 0 Å². The van der Waals surface area contributed by atoms with E-state index in [1.165, 1.54) is 0 Å². The lowest BCUT2D eigenvalue weighted by Crippen LogP contribution is -2.60. The molecule has 0 aliphatic carbocycles. The number of nitrogens with two attached hydrogens (primary N) is 2. The highest BCUT2D eigenvalue weighted by Crippen LogP contribution is 2.03. The van der Waals surface area contributed by atoms with Crippen molar-refractivity contribution in [2.45, 2.75) is 56.5 Å². The van der Waals surface area contributed by atoms with Crippen molar-refractivity contribution < 1.29 is 44.1 Å². The number of hydrogen-bond acceptors (Lipinski definition) is 9. The molecule has 0 radical (unpaired) electrons. The monoisotopic (exact) mass is 465 g/mol. The molecule has 0 rings (SSSR count). The number of nitrogens with one attached hydrogen (secondary N) is 3. The second kappa shape index (κ2) is 13.4. The summed E-state index contributed by atoms with van der Waals surface area (Å²) in [4.78, 5) is 69.7. The lowest BCUT2D eigenvalue weighted by molar-refractivity contribution is -0.142. The van der Waals surface area contributed by atoms with Gasteiger partial charge in [0.05, 0.1) is 18.6 Å².